The number of nitrogens with one attached hydrogen (secondary N) is 3. The van der Waals surface area contributed by atoms with Gasteiger partial charge in [-0.2, -0.15) is 0 Å². The van der Waals surface area contributed by atoms with Crippen LogP contribution < -0.4 is 16.0 Å². The molecule has 11 heteroatoms. The molecule has 0 bridgehead atoms. The molecular weight excluding hydrogens is 577 g/mol. The Morgan fingerprint density at radius 2 is 1.69 bits per heavy atom. The van der Waals surface area contributed by atoms with Gasteiger partial charge in [-0.3, -0.25) is 19.2 Å². The predicted octanol–water partition coefficient (Wildman–Crippen LogP) is 4.32. The Bertz CT molecular complexity index is 1350. The lowest BCUT2D eigenvalue weighted by atomic mass is 9.79. The first-order chi connectivity index (χ1) is 21.5. The van der Waals surface area contributed by atoms with Crippen molar-refractivity contribution in [3.05, 3.63) is 53.2 Å². The Morgan fingerprint density at radius 3 is 2.31 bits per heavy atom. The number of anilines is 1. The molecule has 2 aromatic rings. The number of benzene rings is 1. The van der Waals surface area contributed by atoms with Gasteiger partial charge in [0.25, 0.3) is 5.91 Å². The number of likely N-dealkylation sites (N-methyl/N-ethyl adjacent to an activating group) is 1. The maximum absolute atomic E-state index is 15.6. The molecule has 1 saturated carbocycles. The van der Waals surface area contributed by atoms with Gasteiger partial charge in [-0.1, -0.05) is 46.6 Å². The van der Waals surface area contributed by atoms with E-state index in [-0.39, 0.29) is 35.6 Å². The Hall–Kier alpha value is -3.73. The Kier molecular flexibility index (Phi) is 11.8. The minimum Gasteiger partial charge on any atom is -0.459 e. The summed E-state index contributed by atoms with van der Waals surface area (Å²) < 4.78 is 21.0. The van der Waals surface area contributed by atoms with Gasteiger partial charge in [0.2, 0.25) is 17.7 Å². The average Bonchev–Trinajstić information content (AvgIpc) is 3.53. The van der Waals surface area contributed by atoms with Crippen LogP contribution in [0.15, 0.2) is 34.9 Å². The molecule has 2 aliphatic rings. The van der Waals surface area contributed by atoms with Crippen LogP contribution in [-0.4, -0.2) is 78.7 Å². The normalized spacial score (nSPS) is 21.0. The first kappa shape index (κ1) is 34.1. The van der Waals surface area contributed by atoms with Gasteiger partial charge in [0.15, 0.2) is 5.76 Å². The van der Waals surface area contributed by atoms with E-state index in [1.807, 2.05) is 14.0 Å². The summed E-state index contributed by atoms with van der Waals surface area (Å²) in [6.07, 6.45) is 5.70. The van der Waals surface area contributed by atoms with Gasteiger partial charge in [-0.25, -0.2) is 4.39 Å². The van der Waals surface area contributed by atoms with Gasteiger partial charge >= 0.3 is 0 Å². The number of nitrogens with zero attached hydrogens (tertiary/aromatic N) is 2. The third kappa shape index (κ3) is 8.51. The SMILES string of the molecule is CCC(=O)N[C@@H](C(=O)N1CCN(C)CC1)[C@@H](C)c1ccc(NC(=O)[C@@H](NC(=O)c2occc2CC)[C@H]2CC[C@H](C)CC2)c(F)c1. The number of piperazine rings is 1. The van der Waals surface area contributed by atoms with Crippen molar-refractivity contribution >= 4 is 29.3 Å². The van der Waals surface area contributed by atoms with Crippen LogP contribution in [-0.2, 0) is 20.8 Å². The molecule has 10 nitrogen and oxygen atoms in total. The smallest absolute Gasteiger partial charge is 0.287 e. The van der Waals surface area contributed by atoms with Gasteiger partial charge in [-0.15, -0.1) is 0 Å². The summed E-state index contributed by atoms with van der Waals surface area (Å²) in [4.78, 5) is 56.6. The van der Waals surface area contributed by atoms with E-state index in [0.29, 0.717) is 31.0 Å². The molecule has 1 aromatic heterocycles. The molecule has 45 heavy (non-hydrogen) atoms. The van der Waals surface area contributed by atoms with Crippen LogP contribution in [0.3, 0.4) is 0 Å². The summed E-state index contributed by atoms with van der Waals surface area (Å²) in [5, 5.41) is 8.43. The molecule has 1 aliphatic carbocycles. The number of amides is 4. The lowest BCUT2D eigenvalue weighted by Crippen LogP contribution is -2.55. The molecule has 2 heterocycles. The number of furan rings is 1. The van der Waals surface area contributed by atoms with Crippen molar-refractivity contribution in [1.29, 1.82) is 0 Å². The monoisotopic (exact) mass is 625 g/mol. The maximum atomic E-state index is 15.6. The van der Waals surface area contributed by atoms with E-state index in [1.54, 1.807) is 30.9 Å². The molecule has 1 saturated heterocycles. The van der Waals surface area contributed by atoms with Crippen molar-refractivity contribution in [3.8, 4) is 0 Å². The van der Waals surface area contributed by atoms with Crippen LogP contribution in [0.4, 0.5) is 10.1 Å². The highest BCUT2D eigenvalue weighted by Gasteiger charge is 2.35. The Morgan fingerprint density at radius 1 is 1.00 bits per heavy atom. The zero-order chi connectivity index (χ0) is 32.7. The molecular formula is C34H48FN5O5. The number of hydrogen-bond donors (Lipinski definition) is 3. The third-order valence-corrected chi connectivity index (χ3v) is 9.43. The number of carbonyl (C=O) groups is 4. The van der Waals surface area contributed by atoms with E-state index >= 15 is 4.39 Å². The van der Waals surface area contributed by atoms with Crippen LogP contribution in [0.5, 0.6) is 0 Å². The number of carbonyl (C=O) groups excluding carboxylic acids is 4. The topological polar surface area (TPSA) is 124 Å². The summed E-state index contributed by atoms with van der Waals surface area (Å²) in [5.74, 6) is -1.99. The second-order valence-corrected chi connectivity index (χ2v) is 12.6. The van der Waals surface area contributed by atoms with Crippen LogP contribution in [0.2, 0.25) is 0 Å². The minimum atomic E-state index is -0.868. The third-order valence-electron chi connectivity index (χ3n) is 9.43. The lowest BCUT2D eigenvalue weighted by Gasteiger charge is -2.36. The summed E-state index contributed by atoms with van der Waals surface area (Å²) >= 11 is 0. The van der Waals surface area contributed by atoms with E-state index < -0.39 is 35.6 Å². The van der Waals surface area contributed by atoms with Gasteiger partial charge in [0, 0.05) is 44.1 Å². The van der Waals surface area contributed by atoms with Gasteiger partial charge < -0.3 is 30.2 Å². The van der Waals surface area contributed by atoms with Gasteiger partial charge in [-0.05, 0) is 61.9 Å². The first-order valence-electron chi connectivity index (χ1n) is 16.3. The zero-order valence-corrected chi connectivity index (χ0v) is 27.2. The highest BCUT2D eigenvalue weighted by Crippen LogP contribution is 2.32. The molecule has 4 amide bonds. The fraction of sp³-hybridized carbons (Fsp3) is 0.588. The van der Waals surface area contributed by atoms with Crippen LogP contribution in [0.25, 0.3) is 0 Å². The number of halogens is 1. The second kappa shape index (κ2) is 15.5. The molecule has 1 aliphatic heterocycles. The summed E-state index contributed by atoms with van der Waals surface area (Å²) in [5.41, 5.74) is 1.25. The molecule has 0 spiro atoms. The molecule has 246 valence electrons. The fourth-order valence-electron chi connectivity index (χ4n) is 6.26. The average molecular weight is 626 g/mol. The lowest BCUT2D eigenvalue weighted by molar-refractivity contribution is -0.138. The van der Waals surface area contributed by atoms with E-state index in [1.165, 1.54) is 18.4 Å². The van der Waals surface area contributed by atoms with Crippen LogP contribution in [0, 0.1) is 17.7 Å². The first-order valence-corrected chi connectivity index (χ1v) is 16.3. The predicted molar refractivity (Wildman–Crippen MR) is 170 cm³/mol. The fourth-order valence-corrected chi connectivity index (χ4v) is 6.26. The molecule has 4 rings (SSSR count). The Balaban J connectivity index is 1.52. The highest BCUT2D eigenvalue weighted by atomic mass is 19.1. The van der Waals surface area contributed by atoms with Crippen molar-refractivity contribution in [3.63, 3.8) is 0 Å². The molecule has 2 fully saturated rings. The van der Waals surface area contributed by atoms with Crippen molar-refractivity contribution in [1.82, 2.24) is 20.4 Å². The van der Waals surface area contributed by atoms with E-state index in [0.717, 1.165) is 44.3 Å². The highest BCUT2D eigenvalue weighted by molar-refractivity contribution is 6.01. The zero-order valence-electron chi connectivity index (χ0n) is 27.2. The number of aryl methyl sites for hydroxylation is 1. The van der Waals surface area contributed by atoms with Crippen molar-refractivity contribution in [2.75, 3.05) is 38.5 Å². The minimum absolute atomic E-state index is 0.0221. The van der Waals surface area contributed by atoms with Crippen molar-refractivity contribution < 1.29 is 28.0 Å². The van der Waals surface area contributed by atoms with E-state index in [9.17, 15) is 19.2 Å². The molecule has 3 atom stereocenters. The summed E-state index contributed by atoms with van der Waals surface area (Å²) in [7, 11) is 2.00. The van der Waals surface area contributed by atoms with E-state index in [2.05, 4.69) is 27.8 Å². The second-order valence-electron chi connectivity index (χ2n) is 12.6. The van der Waals surface area contributed by atoms with Gasteiger partial charge in [0.1, 0.15) is 17.9 Å². The maximum Gasteiger partial charge on any atom is 0.287 e. The summed E-state index contributed by atoms with van der Waals surface area (Å²) in [6.45, 7) is 10.2. The largest absolute Gasteiger partial charge is 0.459 e. The molecule has 1 aromatic carbocycles. The standard InChI is InChI=1S/C34H48FN5O5/c1-6-23-14-19-45-31(23)33(43)38-30(24-10-8-21(3)9-11-24)32(42)36-27-13-12-25(20-26(27)35)22(4)29(37-28(41)7-2)34(44)40-17-15-39(5)16-18-40/h12-14,19-22,24,29-30H,6-11,15-18H2,1-5H3,(H,36,42)(H,37,41)(H,38,43)/t21-,22-,24-,29+,30-/m0/s1. The number of hydrogen-bond acceptors (Lipinski definition) is 6. The quantitative estimate of drug-likeness (QED) is 0.342. The van der Waals surface area contributed by atoms with Crippen LogP contribution >= 0.6 is 0 Å². The van der Waals surface area contributed by atoms with Crippen molar-refractivity contribution in [2.24, 2.45) is 11.8 Å². The van der Waals surface area contributed by atoms with E-state index in [4.69, 9.17) is 4.42 Å². The molecule has 0 unspecified atom stereocenters. The van der Waals surface area contributed by atoms with Crippen LogP contribution in [0.1, 0.15) is 87.4 Å². The Labute approximate surface area is 265 Å². The molecule has 0 radical (unpaired) electrons. The molecule has 3 N–H and O–H groups in total. The summed E-state index contributed by atoms with van der Waals surface area (Å²) in [6, 6.07) is 4.45. The number of rotatable bonds is 11. The van der Waals surface area contributed by atoms with Crippen molar-refractivity contribution in [2.45, 2.75) is 84.2 Å². The van der Waals surface area contributed by atoms with Gasteiger partial charge in [0.05, 0.1) is 12.0 Å².